The number of aromatic nitrogens is 1. The first-order valence-corrected chi connectivity index (χ1v) is 9.81. The molecule has 27 heavy (non-hydrogen) atoms. The maximum atomic E-state index is 12.9. The number of carbonyl (C=O) groups is 1. The largest absolute Gasteiger partial charge is 0.361 e. The van der Waals surface area contributed by atoms with Crippen molar-refractivity contribution in [2.24, 2.45) is 5.92 Å². The van der Waals surface area contributed by atoms with E-state index in [1.165, 1.54) is 22.0 Å². The number of amides is 1. The topological polar surface area (TPSA) is 48.1 Å². The van der Waals surface area contributed by atoms with E-state index in [2.05, 4.69) is 58.8 Å². The summed E-state index contributed by atoms with van der Waals surface area (Å²) in [6.45, 7) is 1.43. The number of likely N-dealkylation sites (tertiary alicyclic amines) is 1. The van der Waals surface area contributed by atoms with Crippen LogP contribution in [0.4, 0.5) is 0 Å². The van der Waals surface area contributed by atoms with Crippen LogP contribution in [0, 0.1) is 5.92 Å². The molecule has 1 aliphatic heterocycles. The van der Waals surface area contributed by atoms with E-state index in [0.29, 0.717) is 18.5 Å². The average molecular weight is 359 g/mol. The summed E-state index contributed by atoms with van der Waals surface area (Å²) >= 11 is 0. The highest BCUT2D eigenvalue weighted by molar-refractivity contribution is 5.88. The summed E-state index contributed by atoms with van der Waals surface area (Å²) in [6, 6.07) is 17.2. The molecule has 4 heteroatoms. The average Bonchev–Trinajstić information content (AvgIpc) is 3.12. The third-order valence-electron chi connectivity index (χ3n) is 6.41. The number of likely N-dealkylation sites (N-methyl/N-ethyl adjacent to an activating group) is 1. The highest BCUT2D eigenvalue weighted by Crippen LogP contribution is 2.44. The zero-order valence-corrected chi connectivity index (χ0v) is 15.6. The molecule has 4 nitrogen and oxygen atoms in total. The molecule has 1 aliphatic carbocycles. The van der Waals surface area contributed by atoms with Gasteiger partial charge in [0.1, 0.15) is 0 Å². The Hall–Kier alpha value is -2.59. The lowest BCUT2D eigenvalue weighted by Gasteiger charge is -2.45. The molecular formula is C23H25N3O. The fourth-order valence-corrected chi connectivity index (χ4v) is 5.06. The first-order valence-electron chi connectivity index (χ1n) is 9.81. The van der Waals surface area contributed by atoms with E-state index in [-0.39, 0.29) is 11.8 Å². The van der Waals surface area contributed by atoms with Gasteiger partial charge in [-0.3, -0.25) is 4.79 Å². The van der Waals surface area contributed by atoms with Crippen LogP contribution in [-0.2, 0) is 17.8 Å². The maximum absolute atomic E-state index is 12.9. The molecule has 138 valence electrons. The number of fused-ring (bicyclic) bond motifs is 2. The number of hydrogen-bond acceptors (Lipinski definition) is 2. The molecule has 0 radical (unpaired) electrons. The smallest absolute Gasteiger partial charge is 0.224 e. The first kappa shape index (κ1) is 16.6. The summed E-state index contributed by atoms with van der Waals surface area (Å²) in [5.74, 6) is 0.634. The van der Waals surface area contributed by atoms with Crippen molar-refractivity contribution in [2.45, 2.75) is 31.3 Å². The van der Waals surface area contributed by atoms with Crippen molar-refractivity contribution in [3.63, 3.8) is 0 Å². The Morgan fingerprint density at radius 1 is 1.19 bits per heavy atom. The lowest BCUT2D eigenvalue weighted by Crippen LogP contribution is -2.51. The summed E-state index contributed by atoms with van der Waals surface area (Å²) < 4.78 is 0. The minimum absolute atomic E-state index is 0.0377. The van der Waals surface area contributed by atoms with Crippen molar-refractivity contribution < 1.29 is 4.79 Å². The van der Waals surface area contributed by atoms with Crippen molar-refractivity contribution in [1.82, 2.24) is 15.2 Å². The van der Waals surface area contributed by atoms with Gasteiger partial charge in [0, 0.05) is 42.1 Å². The van der Waals surface area contributed by atoms with Crippen molar-refractivity contribution >= 4 is 16.8 Å². The number of hydrogen-bond donors (Lipinski definition) is 2. The van der Waals surface area contributed by atoms with Crippen LogP contribution < -0.4 is 5.32 Å². The molecule has 0 saturated carbocycles. The molecule has 1 fully saturated rings. The van der Waals surface area contributed by atoms with E-state index in [4.69, 9.17) is 0 Å². The maximum Gasteiger partial charge on any atom is 0.224 e. The van der Waals surface area contributed by atoms with E-state index in [1.54, 1.807) is 0 Å². The summed E-state index contributed by atoms with van der Waals surface area (Å²) in [5.41, 5.74) is 5.19. The van der Waals surface area contributed by atoms with Gasteiger partial charge in [0.15, 0.2) is 0 Å². The van der Waals surface area contributed by atoms with Crippen LogP contribution in [0.5, 0.6) is 0 Å². The van der Waals surface area contributed by atoms with Gasteiger partial charge in [-0.2, -0.15) is 0 Å². The molecule has 3 aromatic rings. The number of aromatic amines is 1. The Morgan fingerprint density at radius 2 is 2.04 bits per heavy atom. The van der Waals surface area contributed by atoms with Gasteiger partial charge in [0.05, 0.1) is 5.92 Å². The molecule has 1 aromatic heterocycles. The van der Waals surface area contributed by atoms with Crippen LogP contribution in [0.1, 0.15) is 29.0 Å². The number of H-pyrrole nitrogens is 1. The van der Waals surface area contributed by atoms with Gasteiger partial charge < -0.3 is 15.2 Å². The van der Waals surface area contributed by atoms with Gasteiger partial charge in [-0.25, -0.2) is 0 Å². The third kappa shape index (κ3) is 2.85. The van der Waals surface area contributed by atoms with E-state index in [9.17, 15) is 4.79 Å². The van der Waals surface area contributed by atoms with Crippen LogP contribution in [0.2, 0.25) is 0 Å². The summed E-state index contributed by atoms with van der Waals surface area (Å²) in [7, 11) is 2.17. The number of benzene rings is 2. The molecule has 2 heterocycles. The second-order valence-electron chi connectivity index (χ2n) is 8.04. The molecule has 3 atom stereocenters. The molecule has 0 spiro atoms. The third-order valence-corrected chi connectivity index (χ3v) is 6.41. The van der Waals surface area contributed by atoms with Gasteiger partial charge in [0.2, 0.25) is 5.91 Å². The molecular weight excluding hydrogens is 334 g/mol. The molecule has 0 bridgehead atoms. The molecule has 5 rings (SSSR count). The van der Waals surface area contributed by atoms with Gasteiger partial charge in [-0.15, -0.1) is 0 Å². The predicted molar refractivity (Wildman–Crippen MR) is 108 cm³/mol. The summed E-state index contributed by atoms with van der Waals surface area (Å²) in [4.78, 5) is 18.7. The van der Waals surface area contributed by atoms with Crippen LogP contribution in [0.3, 0.4) is 0 Å². The SMILES string of the molecule is CN1C[C@H](C(=O)NCc2ccccc2)C[C@@H]2c3cccc4[nH]cc(c34)C[C@H]21. The zero-order valence-electron chi connectivity index (χ0n) is 15.6. The van der Waals surface area contributed by atoms with E-state index >= 15 is 0 Å². The van der Waals surface area contributed by atoms with Gasteiger partial charge in [0.25, 0.3) is 0 Å². The number of rotatable bonds is 3. The highest BCUT2D eigenvalue weighted by atomic mass is 16.1. The summed E-state index contributed by atoms with van der Waals surface area (Å²) in [5, 5.41) is 4.54. The van der Waals surface area contributed by atoms with Crippen molar-refractivity contribution in [3.8, 4) is 0 Å². The number of nitrogens with zero attached hydrogens (tertiary/aromatic N) is 1. The molecule has 2 aromatic carbocycles. The van der Waals surface area contributed by atoms with E-state index < -0.39 is 0 Å². The molecule has 2 aliphatic rings. The predicted octanol–water partition coefficient (Wildman–Crippen LogP) is 3.44. The van der Waals surface area contributed by atoms with Crippen molar-refractivity contribution in [1.29, 1.82) is 0 Å². The molecule has 0 unspecified atom stereocenters. The number of nitrogens with one attached hydrogen (secondary N) is 2. The fourth-order valence-electron chi connectivity index (χ4n) is 5.06. The Bertz CT molecular complexity index is 978. The van der Waals surface area contributed by atoms with Crippen LogP contribution in [-0.4, -0.2) is 35.4 Å². The minimum atomic E-state index is 0.0377. The molecule has 2 N–H and O–H groups in total. The Morgan fingerprint density at radius 3 is 2.89 bits per heavy atom. The highest BCUT2D eigenvalue weighted by Gasteiger charge is 2.41. The Balaban J connectivity index is 1.37. The first-order chi connectivity index (χ1) is 13.2. The standard InChI is InChI=1S/C23H25N3O/c1-26-14-17(23(27)25-12-15-6-3-2-4-7-15)10-19-18-8-5-9-20-22(18)16(13-24-20)11-21(19)26/h2-9,13,17,19,21,24H,10-12,14H2,1H3,(H,25,27)/t17-,19-,21-/m1/s1. The second kappa shape index (κ2) is 6.54. The van der Waals surface area contributed by atoms with Crippen molar-refractivity contribution in [2.75, 3.05) is 13.6 Å². The fraction of sp³-hybridized carbons (Fsp3) is 0.348. The lowest BCUT2D eigenvalue weighted by molar-refractivity contribution is -0.127. The van der Waals surface area contributed by atoms with Gasteiger partial charge in [-0.05, 0) is 42.6 Å². The Labute approximate surface area is 159 Å². The van der Waals surface area contributed by atoms with Gasteiger partial charge in [-0.1, -0.05) is 42.5 Å². The number of carbonyl (C=O) groups excluding carboxylic acids is 1. The van der Waals surface area contributed by atoms with Crippen LogP contribution in [0.15, 0.2) is 54.7 Å². The lowest BCUT2D eigenvalue weighted by atomic mass is 9.72. The zero-order chi connectivity index (χ0) is 18.4. The van der Waals surface area contributed by atoms with Gasteiger partial charge >= 0.3 is 0 Å². The molecule has 1 saturated heterocycles. The van der Waals surface area contributed by atoms with E-state index in [0.717, 1.165) is 24.9 Å². The minimum Gasteiger partial charge on any atom is -0.361 e. The van der Waals surface area contributed by atoms with Crippen molar-refractivity contribution in [3.05, 3.63) is 71.4 Å². The monoisotopic (exact) mass is 359 g/mol. The second-order valence-corrected chi connectivity index (χ2v) is 8.04. The Kier molecular flexibility index (Phi) is 4.01. The van der Waals surface area contributed by atoms with E-state index in [1.807, 2.05) is 18.2 Å². The van der Waals surface area contributed by atoms with Crippen LogP contribution in [0.25, 0.3) is 10.9 Å². The van der Waals surface area contributed by atoms with Crippen LogP contribution >= 0.6 is 0 Å². The normalized spacial score (nSPS) is 24.6. The summed E-state index contributed by atoms with van der Waals surface area (Å²) in [6.07, 6.45) is 4.16. The molecule has 1 amide bonds. The number of piperidine rings is 1. The quantitative estimate of drug-likeness (QED) is 0.753.